The predicted molar refractivity (Wildman–Crippen MR) is 110 cm³/mol. The van der Waals surface area contributed by atoms with Gasteiger partial charge in [0.05, 0.1) is 11.6 Å². The van der Waals surface area contributed by atoms with Gasteiger partial charge in [0.2, 0.25) is 0 Å². The molecule has 4 rings (SSSR count). The van der Waals surface area contributed by atoms with E-state index in [2.05, 4.69) is 0 Å². The average molecular weight is 371 g/mol. The van der Waals surface area contributed by atoms with Gasteiger partial charge < -0.3 is 14.4 Å². The van der Waals surface area contributed by atoms with Gasteiger partial charge in [0, 0.05) is 5.39 Å². The predicted octanol–water partition coefficient (Wildman–Crippen LogP) is 5.53. The van der Waals surface area contributed by atoms with Crippen LogP contribution in [0.15, 0.2) is 84.9 Å². The van der Waals surface area contributed by atoms with Crippen molar-refractivity contribution in [3.63, 3.8) is 0 Å². The highest BCUT2D eigenvalue weighted by molar-refractivity contribution is 5.97. The molecular formula is C24H21NO3. The normalized spacial score (nSPS) is 12.0. The number of fused-ring (bicyclic) bond motifs is 1. The van der Waals surface area contributed by atoms with Gasteiger partial charge in [-0.25, -0.2) is 4.79 Å². The number of hydrogen-bond donors (Lipinski definition) is 1. The van der Waals surface area contributed by atoms with Crippen molar-refractivity contribution in [2.45, 2.75) is 19.6 Å². The Balaban J connectivity index is 1.77. The lowest BCUT2D eigenvalue weighted by atomic mass is 10.1. The molecule has 0 radical (unpaired) electrons. The molecular weight excluding hydrogens is 350 g/mol. The molecule has 0 aliphatic rings. The molecule has 0 fully saturated rings. The maximum absolute atomic E-state index is 12.0. The number of nitrogens with zero attached hydrogens (tertiary/aromatic N) is 1. The fraction of sp³-hybridized carbons (Fsp3) is 0.125. The molecule has 4 heteroatoms. The molecule has 140 valence electrons. The van der Waals surface area contributed by atoms with Crippen LogP contribution in [-0.4, -0.2) is 15.6 Å². The van der Waals surface area contributed by atoms with Crippen LogP contribution in [0.25, 0.3) is 10.9 Å². The first kappa shape index (κ1) is 17.9. The van der Waals surface area contributed by atoms with E-state index in [1.807, 2.05) is 90.4 Å². The van der Waals surface area contributed by atoms with E-state index >= 15 is 0 Å². The van der Waals surface area contributed by atoms with Crippen molar-refractivity contribution >= 4 is 16.9 Å². The van der Waals surface area contributed by atoms with Crippen LogP contribution in [0.5, 0.6) is 5.75 Å². The third-order valence-corrected chi connectivity index (χ3v) is 4.97. The van der Waals surface area contributed by atoms with Crippen LogP contribution >= 0.6 is 0 Å². The SMILES string of the molecule is C[C@H](c1ccccc1)n1c(C(=O)O)cc2c(OCc3ccccc3)cccc21. The van der Waals surface area contributed by atoms with E-state index in [4.69, 9.17) is 4.74 Å². The van der Waals surface area contributed by atoms with Gasteiger partial charge in [-0.1, -0.05) is 66.7 Å². The molecule has 4 nitrogen and oxygen atoms in total. The molecule has 0 amide bonds. The number of hydrogen-bond acceptors (Lipinski definition) is 2. The Hall–Kier alpha value is -3.53. The Morgan fingerprint density at radius 1 is 0.964 bits per heavy atom. The van der Waals surface area contributed by atoms with Gasteiger partial charge >= 0.3 is 5.97 Å². The minimum absolute atomic E-state index is 0.117. The number of ether oxygens (including phenoxy) is 1. The maximum atomic E-state index is 12.0. The van der Waals surface area contributed by atoms with Gasteiger partial charge in [-0.2, -0.15) is 0 Å². The summed E-state index contributed by atoms with van der Waals surface area (Å²) in [5.74, 6) is -0.268. The van der Waals surface area contributed by atoms with E-state index in [1.165, 1.54) is 0 Å². The fourth-order valence-corrected chi connectivity index (χ4v) is 3.55. The maximum Gasteiger partial charge on any atom is 0.352 e. The molecule has 28 heavy (non-hydrogen) atoms. The topological polar surface area (TPSA) is 51.5 Å². The molecule has 1 heterocycles. The van der Waals surface area contributed by atoms with Crippen LogP contribution in [0.4, 0.5) is 0 Å². The second-order valence-corrected chi connectivity index (χ2v) is 6.75. The lowest BCUT2D eigenvalue weighted by Gasteiger charge is -2.18. The third-order valence-electron chi connectivity index (χ3n) is 4.97. The van der Waals surface area contributed by atoms with Gasteiger partial charge in [0.1, 0.15) is 18.1 Å². The van der Waals surface area contributed by atoms with Crippen LogP contribution in [0, 0.1) is 0 Å². The molecule has 0 spiro atoms. The lowest BCUT2D eigenvalue weighted by molar-refractivity contribution is 0.0684. The zero-order valence-corrected chi connectivity index (χ0v) is 15.6. The van der Waals surface area contributed by atoms with E-state index < -0.39 is 5.97 Å². The Labute approximate surface area is 163 Å². The van der Waals surface area contributed by atoms with Gasteiger partial charge in [-0.3, -0.25) is 0 Å². The second-order valence-electron chi connectivity index (χ2n) is 6.75. The molecule has 4 aromatic rings. The van der Waals surface area contributed by atoms with E-state index in [-0.39, 0.29) is 11.7 Å². The van der Waals surface area contributed by atoms with Gasteiger partial charge in [0.15, 0.2) is 0 Å². The summed E-state index contributed by atoms with van der Waals surface area (Å²) in [6.45, 7) is 2.44. The van der Waals surface area contributed by atoms with E-state index in [1.54, 1.807) is 6.07 Å². The fourth-order valence-electron chi connectivity index (χ4n) is 3.55. The minimum atomic E-state index is -0.951. The van der Waals surface area contributed by atoms with Crippen LogP contribution in [-0.2, 0) is 6.61 Å². The van der Waals surface area contributed by atoms with Crippen LogP contribution in [0.3, 0.4) is 0 Å². The number of carboxylic acids is 1. The quantitative estimate of drug-likeness (QED) is 0.485. The summed E-state index contributed by atoms with van der Waals surface area (Å²) in [5.41, 5.74) is 3.22. The van der Waals surface area contributed by atoms with Gasteiger partial charge in [0.25, 0.3) is 0 Å². The highest BCUT2D eigenvalue weighted by atomic mass is 16.5. The summed E-state index contributed by atoms with van der Waals surface area (Å²) >= 11 is 0. The second kappa shape index (κ2) is 7.61. The van der Waals surface area contributed by atoms with Crippen LogP contribution in [0.1, 0.15) is 34.6 Å². The standard InChI is InChI=1S/C24H21NO3/c1-17(19-11-6-3-7-12-19)25-21-13-8-14-23(20(21)15-22(25)24(26)27)28-16-18-9-4-2-5-10-18/h2-15,17H,16H2,1H3,(H,26,27)/t17-/m1/s1. The zero-order chi connectivity index (χ0) is 19.5. The summed E-state index contributed by atoms with van der Waals surface area (Å²) in [6, 6.07) is 27.1. The highest BCUT2D eigenvalue weighted by Gasteiger charge is 2.21. The summed E-state index contributed by atoms with van der Waals surface area (Å²) < 4.78 is 7.90. The number of carbonyl (C=O) groups is 1. The van der Waals surface area contributed by atoms with Crippen LogP contribution in [0.2, 0.25) is 0 Å². The highest BCUT2D eigenvalue weighted by Crippen LogP contribution is 2.33. The molecule has 3 aromatic carbocycles. The lowest BCUT2D eigenvalue weighted by Crippen LogP contribution is -2.13. The number of aromatic carboxylic acids is 1. The third kappa shape index (κ3) is 3.37. The average Bonchev–Trinajstić information content (AvgIpc) is 3.13. The molecule has 0 bridgehead atoms. The molecule has 1 N–H and O–H groups in total. The Morgan fingerprint density at radius 3 is 2.32 bits per heavy atom. The van der Waals surface area contributed by atoms with Crippen molar-refractivity contribution in [2.24, 2.45) is 0 Å². The van der Waals surface area contributed by atoms with E-state index in [9.17, 15) is 9.90 Å². The Kier molecular flexibility index (Phi) is 4.85. The summed E-state index contributed by atoms with van der Waals surface area (Å²) in [7, 11) is 0. The molecule has 0 unspecified atom stereocenters. The molecule has 1 aromatic heterocycles. The van der Waals surface area contributed by atoms with Crippen molar-refractivity contribution in [1.82, 2.24) is 4.57 Å². The first-order chi connectivity index (χ1) is 13.6. The minimum Gasteiger partial charge on any atom is -0.488 e. The first-order valence-corrected chi connectivity index (χ1v) is 9.24. The molecule has 0 saturated heterocycles. The van der Waals surface area contributed by atoms with Crippen molar-refractivity contribution in [2.75, 3.05) is 0 Å². The van der Waals surface area contributed by atoms with Crippen LogP contribution < -0.4 is 4.74 Å². The molecule has 0 saturated carbocycles. The van der Waals surface area contributed by atoms with E-state index in [0.29, 0.717) is 12.4 Å². The molecule has 0 aliphatic carbocycles. The summed E-state index contributed by atoms with van der Waals surface area (Å²) in [4.78, 5) is 12.0. The van der Waals surface area contributed by atoms with Crippen molar-refractivity contribution in [3.05, 3.63) is 102 Å². The van der Waals surface area contributed by atoms with Gasteiger partial charge in [-0.15, -0.1) is 0 Å². The largest absolute Gasteiger partial charge is 0.488 e. The Morgan fingerprint density at radius 2 is 1.64 bits per heavy atom. The molecule has 0 aliphatic heterocycles. The summed E-state index contributed by atoms with van der Waals surface area (Å²) in [5, 5.41) is 10.6. The van der Waals surface area contributed by atoms with Crippen molar-refractivity contribution in [1.29, 1.82) is 0 Å². The smallest absolute Gasteiger partial charge is 0.352 e. The zero-order valence-electron chi connectivity index (χ0n) is 15.6. The Bertz CT molecular complexity index is 1100. The van der Waals surface area contributed by atoms with Crippen molar-refractivity contribution < 1.29 is 14.6 Å². The van der Waals surface area contributed by atoms with Crippen molar-refractivity contribution in [3.8, 4) is 5.75 Å². The number of carboxylic acid groups (broad SMARTS) is 1. The molecule has 1 atom stereocenters. The number of aromatic nitrogens is 1. The first-order valence-electron chi connectivity index (χ1n) is 9.24. The van der Waals surface area contributed by atoms with E-state index in [0.717, 1.165) is 22.0 Å². The van der Waals surface area contributed by atoms with Gasteiger partial charge in [-0.05, 0) is 36.2 Å². The number of benzene rings is 3. The summed E-state index contributed by atoms with van der Waals surface area (Å²) in [6.07, 6.45) is 0. The number of rotatable bonds is 6. The monoisotopic (exact) mass is 371 g/mol.